The van der Waals surface area contributed by atoms with Gasteiger partial charge in [-0.15, -0.1) is 0 Å². The van der Waals surface area contributed by atoms with E-state index >= 15 is 0 Å². The minimum atomic E-state index is -4.85. The van der Waals surface area contributed by atoms with E-state index in [1.54, 1.807) is 0 Å². The zero-order valence-electron chi connectivity index (χ0n) is 19.8. The zero-order valence-corrected chi connectivity index (χ0v) is 19.8. The highest BCUT2D eigenvalue weighted by atomic mass is 19.4. The van der Waals surface area contributed by atoms with Crippen LogP contribution in [0.4, 0.5) is 39.5 Å². The summed E-state index contributed by atoms with van der Waals surface area (Å²) in [6.45, 7) is 0.387. The Bertz CT molecular complexity index is 1060. The highest BCUT2D eigenvalue weighted by molar-refractivity contribution is 5.53. The molecule has 1 saturated carbocycles. The van der Waals surface area contributed by atoms with Gasteiger partial charge in [0.25, 0.3) is 0 Å². The summed E-state index contributed by atoms with van der Waals surface area (Å²) in [6.07, 6.45) is -3.93. The Morgan fingerprint density at radius 2 is 1.41 bits per heavy atom. The fourth-order valence-corrected chi connectivity index (χ4v) is 4.46. The molecule has 2 aromatic carbocycles. The van der Waals surface area contributed by atoms with Crippen molar-refractivity contribution < 1.29 is 49.0 Å². The average molecular weight is 540 g/mol. The monoisotopic (exact) mass is 540 g/mol. The molecular formula is C26H25F9O2. The minimum Gasteiger partial charge on any atom is -0.477 e. The van der Waals surface area contributed by atoms with Gasteiger partial charge in [-0.3, -0.25) is 0 Å². The smallest absolute Gasteiger partial charge is 0.433 e. The maximum absolute atomic E-state index is 14.5. The van der Waals surface area contributed by atoms with Gasteiger partial charge in [0.2, 0.25) is 0 Å². The van der Waals surface area contributed by atoms with Crippen LogP contribution in [0.5, 0.6) is 11.5 Å². The summed E-state index contributed by atoms with van der Waals surface area (Å²) in [6, 6.07) is 2.58. The van der Waals surface area contributed by atoms with Crippen LogP contribution in [0.25, 0.3) is 6.08 Å². The molecule has 2 aromatic rings. The van der Waals surface area contributed by atoms with Gasteiger partial charge in [0.1, 0.15) is 17.4 Å². The Morgan fingerprint density at radius 1 is 0.838 bits per heavy atom. The van der Waals surface area contributed by atoms with Crippen molar-refractivity contribution >= 4 is 6.08 Å². The molecule has 3 rings (SSSR count). The molecule has 0 heterocycles. The van der Waals surface area contributed by atoms with Gasteiger partial charge in [-0.05, 0) is 61.3 Å². The van der Waals surface area contributed by atoms with Crippen molar-refractivity contribution in [2.75, 3.05) is 6.61 Å². The predicted octanol–water partition coefficient (Wildman–Crippen LogP) is 8.94. The molecule has 0 saturated heterocycles. The Morgan fingerprint density at radius 3 is 1.92 bits per heavy atom. The highest BCUT2D eigenvalue weighted by Gasteiger charge is 2.35. The van der Waals surface area contributed by atoms with Gasteiger partial charge >= 0.3 is 12.3 Å². The Kier molecular flexibility index (Phi) is 9.07. The lowest BCUT2D eigenvalue weighted by molar-refractivity contribution is -0.196. The van der Waals surface area contributed by atoms with Crippen LogP contribution in [-0.4, -0.2) is 18.9 Å². The molecule has 11 heteroatoms. The molecule has 0 unspecified atom stereocenters. The molecule has 0 spiro atoms. The van der Waals surface area contributed by atoms with Gasteiger partial charge in [0, 0.05) is 23.8 Å². The third kappa shape index (κ3) is 8.07. The zero-order chi connectivity index (χ0) is 27.4. The number of alkyl halides is 5. The number of halogens is 9. The van der Waals surface area contributed by atoms with E-state index in [0.717, 1.165) is 50.7 Å². The Labute approximate surface area is 208 Å². The van der Waals surface area contributed by atoms with E-state index in [1.807, 2.05) is 0 Å². The molecule has 0 amide bonds. The number of hydrogen-bond donors (Lipinski definition) is 0. The maximum Gasteiger partial charge on any atom is 0.433 e. The number of ether oxygens (including phenoxy) is 2. The van der Waals surface area contributed by atoms with Crippen molar-refractivity contribution in [1.29, 1.82) is 0 Å². The van der Waals surface area contributed by atoms with Crippen LogP contribution in [0, 0.1) is 29.2 Å². The fourth-order valence-electron chi connectivity index (χ4n) is 4.46. The molecule has 0 bridgehead atoms. The average Bonchev–Trinajstić information content (AvgIpc) is 2.77. The van der Waals surface area contributed by atoms with Gasteiger partial charge in [-0.1, -0.05) is 19.8 Å². The molecule has 1 fully saturated rings. The van der Waals surface area contributed by atoms with Crippen LogP contribution in [0.3, 0.4) is 0 Å². The van der Waals surface area contributed by atoms with E-state index in [1.165, 1.54) is 0 Å². The molecule has 0 radical (unpaired) electrons. The van der Waals surface area contributed by atoms with Crippen LogP contribution >= 0.6 is 0 Å². The van der Waals surface area contributed by atoms with Crippen molar-refractivity contribution in [3.63, 3.8) is 0 Å². The molecule has 0 atom stereocenters. The van der Waals surface area contributed by atoms with Crippen molar-refractivity contribution in [2.45, 2.75) is 63.7 Å². The molecule has 0 N–H and O–H groups in total. The SMILES string of the molecule is CCCC1CCC(c2cc(F)c(OCC(F)(F)Oc3cc(F)c(C=CC(F)(F)F)c(F)c3)c(F)c2)CC1. The first-order valence-electron chi connectivity index (χ1n) is 11.7. The van der Waals surface area contributed by atoms with Crippen molar-refractivity contribution in [3.8, 4) is 11.5 Å². The number of benzene rings is 2. The first-order chi connectivity index (χ1) is 17.3. The van der Waals surface area contributed by atoms with E-state index < -0.39 is 65.3 Å². The summed E-state index contributed by atoms with van der Waals surface area (Å²) < 4.78 is 131. The molecule has 1 aliphatic carbocycles. The lowest BCUT2D eigenvalue weighted by atomic mass is 9.77. The summed E-state index contributed by atoms with van der Waals surface area (Å²) in [5.41, 5.74) is -0.710. The summed E-state index contributed by atoms with van der Waals surface area (Å²) in [5, 5.41) is 0. The van der Waals surface area contributed by atoms with E-state index in [4.69, 9.17) is 0 Å². The van der Waals surface area contributed by atoms with Crippen LogP contribution in [0.15, 0.2) is 30.3 Å². The molecule has 1 aliphatic rings. The third-order valence-electron chi connectivity index (χ3n) is 6.18. The minimum absolute atomic E-state index is 0.0605. The standard InChI is InChI=1S/C26H25F9O2/c1-2-3-15-4-6-16(7-5-15)17-10-22(29)24(23(30)11-17)36-14-26(34,35)37-18-12-20(27)19(21(28)13-18)8-9-25(31,32)33/h8-13,15-16H,2-7,14H2,1H3. The molecular weight excluding hydrogens is 515 g/mol. The fraction of sp³-hybridized carbons (Fsp3) is 0.462. The quantitative estimate of drug-likeness (QED) is 0.296. The van der Waals surface area contributed by atoms with Crippen LogP contribution in [0.2, 0.25) is 0 Å². The van der Waals surface area contributed by atoms with Crippen molar-refractivity contribution in [3.05, 3.63) is 64.7 Å². The van der Waals surface area contributed by atoms with Gasteiger partial charge in [-0.25, -0.2) is 17.6 Å². The molecule has 2 nitrogen and oxygen atoms in total. The third-order valence-corrected chi connectivity index (χ3v) is 6.18. The van der Waals surface area contributed by atoms with Gasteiger partial charge in [0.05, 0.1) is 0 Å². The molecule has 0 aromatic heterocycles. The van der Waals surface area contributed by atoms with Crippen LogP contribution in [-0.2, 0) is 0 Å². The number of hydrogen-bond acceptors (Lipinski definition) is 2. The second-order valence-corrected chi connectivity index (χ2v) is 9.02. The largest absolute Gasteiger partial charge is 0.477 e. The lowest BCUT2D eigenvalue weighted by Crippen LogP contribution is -2.33. The Hall–Kier alpha value is -2.85. The normalized spacial score (nSPS) is 18.9. The summed E-state index contributed by atoms with van der Waals surface area (Å²) in [4.78, 5) is 0. The first kappa shape index (κ1) is 28.7. The van der Waals surface area contributed by atoms with Gasteiger partial charge < -0.3 is 9.47 Å². The van der Waals surface area contributed by atoms with Gasteiger partial charge in [-0.2, -0.15) is 22.0 Å². The number of rotatable bonds is 9. The summed E-state index contributed by atoms with van der Waals surface area (Å²) in [7, 11) is 0. The molecule has 0 aliphatic heterocycles. The molecule has 37 heavy (non-hydrogen) atoms. The van der Waals surface area contributed by atoms with E-state index in [9.17, 15) is 39.5 Å². The predicted molar refractivity (Wildman–Crippen MR) is 118 cm³/mol. The molecule has 204 valence electrons. The summed E-state index contributed by atoms with van der Waals surface area (Å²) >= 11 is 0. The van der Waals surface area contributed by atoms with Crippen molar-refractivity contribution in [2.24, 2.45) is 5.92 Å². The van der Waals surface area contributed by atoms with E-state index in [0.29, 0.717) is 11.5 Å². The highest BCUT2D eigenvalue weighted by Crippen LogP contribution is 2.39. The van der Waals surface area contributed by atoms with Crippen LogP contribution in [0.1, 0.15) is 62.5 Å². The second-order valence-electron chi connectivity index (χ2n) is 9.02. The topological polar surface area (TPSA) is 18.5 Å². The lowest BCUT2D eigenvalue weighted by Gasteiger charge is -2.29. The summed E-state index contributed by atoms with van der Waals surface area (Å²) in [5.74, 6) is -7.16. The number of allylic oxidation sites excluding steroid dienone is 1. The van der Waals surface area contributed by atoms with Crippen molar-refractivity contribution in [1.82, 2.24) is 0 Å². The Balaban J connectivity index is 1.65. The van der Waals surface area contributed by atoms with E-state index in [2.05, 4.69) is 16.4 Å². The van der Waals surface area contributed by atoms with Crippen LogP contribution < -0.4 is 9.47 Å². The second kappa shape index (κ2) is 11.7. The first-order valence-corrected chi connectivity index (χ1v) is 11.7. The van der Waals surface area contributed by atoms with Gasteiger partial charge in [0.15, 0.2) is 24.0 Å². The maximum atomic E-state index is 14.5. The van der Waals surface area contributed by atoms with E-state index in [-0.39, 0.29) is 24.1 Å².